The maximum atomic E-state index is 11.1. The predicted octanol–water partition coefficient (Wildman–Crippen LogP) is 2.65. The van der Waals surface area contributed by atoms with Crippen molar-refractivity contribution in [2.24, 2.45) is 16.6 Å². The van der Waals surface area contributed by atoms with Gasteiger partial charge in [-0.3, -0.25) is 10.1 Å². The molecule has 0 aromatic heterocycles. The smallest absolute Gasteiger partial charge is 0.272 e. The highest BCUT2D eigenvalue weighted by atomic mass is 16.6. The third kappa shape index (κ3) is 2.94. The van der Waals surface area contributed by atoms with E-state index < -0.39 is 6.10 Å². The summed E-state index contributed by atoms with van der Waals surface area (Å²) in [5, 5.41) is 21.7. The molecule has 5 nitrogen and oxygen atoms in total. The zero-order valence-corrected chi connectivity index (χ0v) is 12.7. The highest BCUT2D eigenvalue weighted by molar-refractivity contribution is 5.39. The van der Waals surface area contributed by atoms with E-state index in [1.165, 1.54) is 6.07 Å². The summed E-state index contributed by atoms with van der Waals surface area (Å²) >= 11 is 0. The molecule has 0 aliphatic heterocycles. The van der Waals surface area contributed by atoms with Crippen molar-refractivity contribution in [1.29, 1.82) is 0 Å². The lowest BCUT2D eigenvalue weighted by atomic mass is 9.74. The van der Waals surface area contributed by atoms with Crippen LogP contribution in [-0.4, -0.2) is 22.7 Å². The number of nitro groups is 1. The highest BCUT2D eigenvalue weighted by Crippen LogP contribution is 2.51. The van der Waals surface area contributed by atoms with E-state index in [1.807, 2.05) is 6.07 Å². The molecule has 0 saturated heterocycles. The number of nitrogens with zero attached hydrogens (tertiary/aromatic N) is 1. The molecular weight excluding hydrogens is 268 g/mol. The first-order chi connectivity index (χ1) is 9.82. The number of aliphatic hydroxyl groups is 1. The van der Waals surface area contributed by atoms with Crippen LogP contribution in [0, 0.1) is 20.9 Å². The average molecular weight is 292 g/mol. The van der Waals surface area contributed by atoms with Crippen molar-refractivity contribution < 1.29 is 10.0 Å². The Kier molecular flexibility index (Phi) is 4.35. The van der Waals surface area contributed by atoms with Crippen LogP contribution in [0.5, 0.6) is 0 Å². The van der Waals surface area contributed by atoms with E-state index in [2.05, 4.69) is 13.8 Å². The van der Waals surface area contributed by atoms with Gasteiger partial charge in [0.25, 0.3) is 5.69 Å². The Morgan fingerprint density at radius 3 is 2.57 bits per heavy atom. The lowest BCUT2D eigenvalue weighted by Gasteiger charge is -2.36. The van der Waals surface area contributed by atoms with Gasteiger partial charge in [0.1, 0.15) is 0 Å². The number of hydrogen-bond donors (Lipinski definition) is 2. The molecule has 2 atom stereocenters. The largest absolute Gasteiger partial charge is 0.392 e. The molecule has 0 spiro atoms. The second-order valence-corrected chi connectivity index (χ2v) is 6.84. The molecule has 5 heteroatoms. The van der Waals surface area contributed by atoms with Crippen molar-refractivity contribution in [3.8, 4) is 0 Å². The van der Waals surface area contributed by atoms with Crippen LogP contribution in [0.1, 0.15) is 38.7 Å². The topological polar surface area (TPSA) is 89.4 Å². The third-order valence-electron chi connectivity index (χ3n) is 5.07. The molecule has 2 unspecified atom stereocenters. The molecule has 1 fully saturated rings. The fourth-order valence-corrected chi connectivity index (χ4v) is 3.53. The Labute approximate surface area is 125 Å². The number of hydrogen-bond acceptors (Lipinski definition) is 4. The Balaban J connectivity index is 2.17. The van der Waals surface area contributed by atoms with E-state index in [-0.39, 0.29) is 21.4 Å². The summed E-state index contributed by atoms with van der Waals surface area (Å²) in [5.41, 5.74) is 6.35. The first-order valence-corrected chi connectivity index (χ1v) is 7.43. The van der Waals surface area contributed by atoms with E-state index in [1.54, 1.807) is 12.1 Å². The molecule has 21 heavy (non-hydrogen) atoms. The van der Waals surface area contributed by atoms with Gasteiger partial charge in [0.2, 0.25) is 0 Å². The van der Waals surface area contributed by atoms with Gasteiger partial charge in [-0.1, -0.05) is 32.0 Å². The molecule has 1 aromatic carbocycles. The SMILES string of the molecule is CC1(C)CCC(CN)(CCc2ccccc2[N+](=O)[O-])C1O. The zero-order valence-electron chi connectivity index (χ0n) is 12.7. The van der Waals surface area contributed by atoms with Crippen LogP contribution in [0.2, 0.25) is 0 Å². The average Bonchev–Trinajstić information content (AvgIpc) is 2.69. The lowest BCUT2D eigenvalue weighted by Crippen LogP contribution is -2.43. The maximum absolute atomic E-state index is 11.1. The van der Waals surface area contributed by atoms with Gasteiger partial charge in [0.05, 0.1) is 11.0 Å². The fourth-order valence-electron chi connectivity index (χ4n) is 3.53. The molecule has 1 saturated carbocycles. The van der Waals surface area contributed by atoms with Crippen LogP contribution in [0.4, 0.5) is 5.69 Å². The van der Waals surface area contributed by atoms with Crippen LogP contribution >= 0.6 is 0 Å². The van der Waals surface area contributed by atoms with Crippen LogP contribution in [0.25, 0.3) is 0 Å². The zero-order chi connectivity index (χ0) is 15.7. The number of aryl methyl sites for hydroxylation is 1. The second kappa shape index (κ2) is 5.73. The molecule has 1 aromatic rings. The van der Waals surface area contributed by atoms with Crippen molar-refractivity contribution >= 4 is 5.69 Å². The van der Waals surface area contributed by atoms with Gasteiger partial charge < -0.3 is 10.8 Å². The van der Waals surface area contributed by atoms with Gasteiger partial charge in [-0.15, -0.1) is 0 Å². The highest BCUT2D eigenvalue weighted by Gasteiger charge is 2.50. The lowest BCUT2D eigenvalue weighted by molar-refractivity contribution is -0.385. The van der Waals surface area contributed by atoms with E-state index in [0.717, 1.165) is 12.8 Å². The summed E-state index contributed by atoms with van der Waals surface area (Å²) in [5.74, 6) is 0. The number of benzene rings is 1. The Hall–Kier alpha value is -1.46. The van der Waals surface area contributed by atoms with E-state index in [9.17, 15) is 15.2 Å². The van der Waals surface area contributed by atoms with Gasteiger partial charge in [-0.05, 0) is 31.1 Å². The molecule has 0 heterocycles. The van der Waals surface area contributed by atoms with Crippen LogP contribution in [0.3, 0.4) is 0 Å². The Bertz CT molecular complexity index is 530. The van der Waals surface area contributed by atoms with Gasteiger partial charge in [-0.2, -0.15) is 0 Å². The molecule has 1 aliphatic carbocycles. The molecule has 116 valence electrons. The molecule has 2 rings (SSSR count). The van der Waals surface area contributed by atoms with Gasteiger partial charge in [0, 0.05) is 23.6 Å². The molecular formula is C16H24N2O3. The van der Waals surface area contributed by atoms with Crippen molar-refractivity contribution in [2.75, 3.05) is 6.54 Å². The first kappa shape index (κ1) is 15.9. The number of rotatable bonds is 5. The van der Waals surface area contributed by atoms with Gasteiger partial charge in [0.15, 0.2) is 0 Å². The normalized spacial score (nSPS) is 27.7. The van der Waals surface area contributed by atoms with Crippen LogP contribution in [-0.2, 0) is 6.42 Å². The van der Waals surface area contributed by atoms with E-state index in [4.69, 9.17) is 5.73 Å². The second-order valence-electron chi connectivity index (χ2n) is 6.84. The van der Waals surface area contributed by atoms with Crippen molar-refractivity contribution in [3.05, 3.63) is 39.9 Å². The summed E-state index contributed by atoms with van der Waals surface area (Å²) < 4.78 is 0. The first-order valence-electron chi connectivity index (χ1n) is 7.43. The van der Waals surface area contributed by atoms with Crippen molar-refractivity contribution in [1.82, 2.24) is 0 Å². The van der Waals surface area contributed by atoms with Crippen molar-refractivity contribution in [3.63, 3.8) is 0 Å². The number of nitrogens with two attached hydrogens (primary N) is 1. The number of aliphatic hydroxyl groups excluding tert-OH is 1. The number of nitro benzene ring substituents is 1. The molecule has 1 aliphatic rings. The summed E-state index contributed by atoms with van der Waals surface area (Å²) in [7, 11) is 0. The Morgan fingerprint density at radius 2 is 2.05 bits per heavy atom. The summed E-state index contributed by atoms with van der Waals surface area (Å²) in [6.07, 6.45) is 2.60. The van der Waals surface area contributed by atoms with Gasteiger partial charge >= 0.3 is 0 Å². The number of para-hydroxylation sites is 1. The van der Waals surface area contributed by atoms with E-state index >= 15 is 0 Å². The quantitative estimate of drug-likeness (QED) is 0.645. The minimum Gasteiger partial charge on any atom is -0.392 e. The molecule has 3 N–H and O–H groups in total. The van der Waals surface area contributed by atoms with Crippen LogP contribution in [0.15, 0.2) is 24.3 Å². The minimum absolute atomic E-state index is 0.137. The third-order valence-corrected chi connectivity index (χ3v) is 5.07. The van der Waals surface area contributed by atoms with E-state index in [0.29, 0.717) is 24.9 Å². The summed E-state index contributed by atoms with van der Waals surface area (Å²) in [6, 6.07) is 6.80. The summed E-state index contributed by atoms with van der Waals surface area (Å²) in [4.78, 5) is 10.7. The fraction of sp³-hybridized carbons (Fsp3) is 0.625. The molecule has 0 radical (unpaired) electrons. The maximum Gasteiger partial charge on any atom is 0.272 e. The Morgan fingerprint density at radius 1 is 1.38 bits per heavy atom. The predicted molar refractivity (Wildman–Crippen MR) is 81.9 cm³/mol. The molecule has 0 amide bonds. The minimum atomic E-state index is -0.460. The van der Waals surface area contributed by atoms with Crippen molar-refractivity contribution in [2.45, 2.75) is 45.6 Å². The monoisotopic (exact) mass is 292 g/mol. The van der Waals surface area contributed by atoms with Crippen LogP contribution < -0.4 is 5.73 Å². The standard InChI is InChI=1S/C16H24N2O3/c1-15(2)9-10-16(11-17,14(15)19)8-7-12-5-3-4-6-13(12)18(20)21/h3-6,14,19H,7-11,17H2,1-2H3. The molecule has 0 bridgehead atoms. The summed E-state index contributed by atoms with van der Waals surface area (Å²) in [6.45, 7) is 4.53. The van der Waals surface area contributed by atoms with Gasteiger partial charge in [-0.25, -0.2) is 0 Å².